The molecule has 2 saturated heterocycles. The first-order chi connectivity index (χ1) is 14.1. The number of piperidine rings is 1. The quantitative estimate of drug-likeness (QED) is 0.852. The van der Waals surface area contributed by atoms with Crippen LogP contribution < -0.4 is 10.2 Å². The Labute approximate surface area is 172 Å². The zero-order chi connectivity index (χ0) is 20.2. The van der Waals surface area contributed by atoms with E-state index in [1.165, 1.54) is 5.56 Å². The second-order valence-electron chi connectivity index (χ2n) is 8.29. The maximum absolute atomic E-state index is 12.8. The average Bonchev–Trinajstić information content (AvgIpc) is 3.13. The van der Waals surface area contributed by atoms with E-state index in [4.69, 9.17) is 0 Å². The number of aryl methyl sites for hydroxylation is 1. The average molecular weight is 392 g/mol. The Kier molecular flexibility index (Phi) is 5.95. The Morgan fingerprint density at radius 2 is 1.72 bits per heavy atom. The number of likely N-dealkylation sites (tertiary alicyclic amines) is 1. The van der Waals surface area contributed by atoms with Crippen LogP contribution >= 0.6 is 0 Å². The zero-order valence-corrected chi connectivity index (χ0v) is 17.0. The normalized spacial score (nSPS) is 20.8. The number of benzene rings is 2. The number of carbonyl (C=O) groups is 2. The van der Waals surface area contributed by atoms with Gasteiger partial charge in [-0.25, -0.2) is 0 Å². The molecule has 2 amide bonds. The molecule has 2 aromatic rings. The van der Waals surface area contributed by atoms with Crippen molar-refractivity contribution in [2.75, 3.05) is 24.5 Å². The Morgan fingerprint density at radius 1 is 1.03 bits per heavy atom. The largest absolute Gasteiger partial charge is 0.353 e. The van der Waals surface area contributed by atoms with Crippen molar-refractivity contribution in [3.05, 3.63) is 65.7 Å². The SMILES string of the molecule is Cc1ccc(N2C[C@H](C(=O)NC3CCN(Cc4ccccc4)CC3)CC2=O)cc1. The number of rotatable bonds is 5. The molecule has 29 heavy (non-hydrogen) atoms. The van der Waals surface area contributed by atoms with E-state index in [0.717, 1.165) is 43.7 Å². The molecule has 0 aromatic heterocycles. The summed E-state index contributed by atoms with van der Waals surface area (Å²) in [5.74, 6) is -0.202. The van der Waals surface area contributed by atoms with Crippen LogP contribution in [-0.4, -0.2) is 42.4 Å². The Bertz CT molecular complexity index is 842. The number of hydrogen-bond donors (Lipinski definition) is 1. The highest BCUT2D eigenvalue weighted by atomic mass is 16.2. The maximum Gasteiger partial charge on any atom is 0.227 e. The first-order valence-corrected chi connectivity index (χ1v) is 10.5. The molecule has 2 fully saturated rings. The predicted molar refractivity (Wildman–Crippen MR) is 115 cm³/mol. The molecule has 0 radical (unpaired) electrons. The number of amides is 2. The first-order valence-electron chi connectivity index (χ1n) is 10.5. The van der Waals surface area contributed by atoms with Crippen molar-refractivity contribution < 1.29 is 9.59 Å². The number of nitrogens with one attached hydrogen (secondary N) is 1. The van der Waals surface area contributed by atoms with Gasteiger partial charge in [0.1, 0.15) is 0 Å². The van der Waals surface area contributed by atoms with Crippen molar-refractivity contribution in [1.82, 2.24) is 10.2 Å². The Hall–Kier alpha value is -2.66. The molecule has 5 heteroatoms. The van der Waals surface area contributed by atoms with Crippen LogP contribution in [0.15, 0.2) is 54.6 Å². The molecular weight excluding hydrogens is 362 g/mol. The molecule has 1 N–H and O–H groups in total. The molecular formula is C24H29N3O2. The van der Waals surface area contributed by atoms with E-state index >= 15 is 0 Å². The number of carbonyl (C=O) groups excluding carboxylic acids is 2. The predicted octanol–water partition coefficient (Wildman–Crippen LogP) is 3.13. The van der Waals surface area contributed by atoms with Gasteiger partial charge in [0, 0.05) is 44.3 Å². The first kappa shape index (κ1) is 19.6. The van der Waals surface area contributed by atoms with Crippen molar-refractivity contribution in [3.63, 3.8) is 0 Å². The second kappa shape index (κ2) is 8.78. The van der Waals surface area contributed by atoms with E-state index in [1.54, 1.807) is 4.90 Å². The number of nitrogens with zero attached hydrogens (tertiary/aromatic N) is 2. The van der Waals surface area contributed by atoms with Gasteiger partial charge in [0.15, 0.2) is 0 Å². The zero-order valence-electron chi connectivity index (χ0n) is 17.0. The summed E-state index contributed by atoms with van der Waals surface area (Å²) in [5.41, 5.74) is 3.37. The summed E-state index contributed by atoms with van der Waals surface area (Å²) in [6.07, 6.45) is 2.22. The summed E-state index contributed by atoms with van der Waals surface area (Å²) in [7, 11) is 0. The molecule has 2 aliphatic heterocycles. The third-order valence-corrected chi connectivity index (χ3v) is 6.02. The smallest absolute Gasteiger partial charge is 0.227 e. The van der Waals surface area contributed by atoms with Crippen LogP contribution in [0.2, 0.25) is 0 Å². The van der Waals surface area contributed by atoms with E-state index in [9.17, 15) is 9.59 Å². The molecule has 2 aromatic carbocycles. The molecule has 152 valence electrons. The summed E-state index contributed by atoms with van der Waals surface area (Å²) < 4.78 is 0. The van der Waals surface area contributed by atoms with Gasteiger partial charge in [-0.15, -0.1) is 0 Å². The molecule has 0 saturated carbocycles. The lowest BCUT2D eigenvalue weighted by Crippen LogP contribution is -2.46. The monoisotopic (exact) mass is 391 g/mol. The van der Waals surface area contributed by atoms with Gasteiger partial charge >= 0.3 is 0 Å². The van der Waals surface area contributed by atoms with Crippen LogP contribution in [0.5, 0.6) is 0 Å². The topological polar surface area (TPSA) is 52.7 Å². The summed E-state index contributed by atoms with van der Waals surface area (Å²) in [6, 6.07) is 18.6. The third kappa shape index (κ3) is 4.85. The van der Waals surface area contributed by atoms with Gasteiger partial charge in [0.25, 0.3) is 0 Å². The standard InChI is InChI=1S/C24H29N3O2/c1-18-7-9-22(10-8-18)27-17-20(15-23(27)28)24(29)25-21-11-13-26(14-12-21)16-19-5-3-2-4-6-19/h2-10,20-21H,11-17H2,1H3,(H,25,29)/t20-/m1/s1. The van der Waals surface area contributed by atoms with Crippen molar-refractivity contribution >= 4 is 17.5 Å². The molecule has 0 bridgehead atoms. The number of hydrogen-bond acceptors (Lipinski definition) is 3. The molecule has 2 heterocycles. The van der Waals surface area contributed by atoms with Gasteiger partial charge < -0.3 is 10.2 Å². The Balaban J connectivity index is 1.26. The van der Waals surface area contributed by atoms with Gasteiger partial charge in [0.05, 0.1) is 5.92 Å². The van der Waals surface area contributed by atoms with Crippen molar-refractivity contribution in [3.8, 4) is 0 Å². The molecule has 2 aliphatic rings. The molecule has 5 nitrogen and oxygen atoms in total. The highest BCUT2D eigenvalue weighted by Crippen LogP contribution is 2.26. The van der Waals surface area contributed by atoms with E-state index in [2.05, 4.69) is 34.5 Å². The molecule has 0 unspecified atom stereocenters. The van der Waals surface area contributed by atoms with Crippen molar-refractivity contribution in [2.24, 2.45) is 5.92 Å². The van der Waals surface area contributed by atoms with Gasteiger partial charge in [-0.2, -0.15) is 0 Å². The maximum atomic E-state index is 12.8. The van der Waals surface area contributed by atoms with Crippen LogP contribution in [0.4, 0.5) is 5.69 Å². The summed E-state index contributed by atoms with van der Waals surface area (Å²) >= 11 is 0. The van der Waals surface area contributed by atoms with Gasteiger partial charge in [-0.3, -0.25) is 14.5 Å². The third-order valence-electron chi connectivity index (χ3n) is 6.02. The van der Waals surface area contributed by atoms with E-state index in [-0.39, 0.29) is 23.8 Å². The minimum Gasteiger partial charge on any atom is -0.353 e. The van der Waals surface area contributed by atoms with E-state index in [1.807, 2.05) is 37.3 Å². The molecule has 0 aliphatic carbocycles. The molecule has 0 spiro atoms. The summed E-state index contributed by atoms with van der Waals surface area (Å²) in [5, 5.41) is 3.20. The lowest BCUT2D eigenvalue weighted by atomic mass is 10.0. The van der Waals surface area contributed by atoms with Gasteiger partial charge in [0.2, 0.25) is 11.8 Å². The van der Waals surface area contributed by atoms with Crippen LogP contribution in [0.3, 0.4) is 0 Å². The Morgan fingerprint density at radius 3 is 2.41 bits per heavy atom. The van der Waals surface area contributed by atoms with Gasteiger partial charge in [-0.1, -0.05) is 48.0 Å². The lowest BCUT2D eigenvalue weighted by Gasteiger charge is -2.32. The fraction of sp³-hybridized carbons (Fsp3) is 0.417. The molecule has 1 atom stereocenters. The minimum absolute atomic E-state index is 0.0227. The van der Waals surface area contributed by atoms with E-state index < -0.39 is 0 Å². The van der Waals surface area contributed by atoms with Crippen LogP contribution in [0.1, 0.15) is 30.4 Å². The highest BCUT2D eigenvalue weighted by Gasteiger charge is 2.36. The fourth-order valence-electron chi connectivity index (χ4n) is 4.25. The van der Waals surface area contributed by atoms with Crippen molar-refractivity contribution in [2.45, 2.75) is 38.8 Å². The second-order valence-corrected chi connectivity index (χ2v) is 8.29. The summed E-state index contributed by atoms with van der Waals surface area (Å²) in [6.45, 7) is 5.43. The fourth-order valence-corrected chi connectivity index (χ4v) is 4.25. The summed E-state index contributed by atoms with van der Waals surface area (Å²) in [4.78, 5) is 29.4. The van der Waals surface area contributed by atoms with Crippen molar-refractivity contribution in [1.29, 1.82) is 0 Å². The molecule has 4 rings (SSSR count). The number of anilines is 1. The van der Waals surface area contributed by atoms with Crippen LogP contribution in [0, 0.1) is 12.8 Å². The highest BCUT2D eigenvalue weighted by molar-refractivity contribution is 6.00. The minimum atomic E-state index is -0.258. The van der Waals surface area contributed by atoms with Crippen LogP contribution in [0.25, 0.3) is 0 Å². The lowest BCUT2D eigenvalue weighted by molar-refractivity contribution is -0.127. The van der Waals surface area contributed by atoms with E-state index in [0.29, 0.717) is 13.0 Å². The van der Waals surface area contributed by atoms with Gasteiger partial charge in [-0.05, 0) is 37.5 Å². The van der Waals surface area contributed by atoms with Crippen LogP contribution in [-0.2, 0) is 16.1 Å².